The van der Waals surface area contributed by atoms with E-state index in [1.54, 1.807) is 33.0 Å². The second kappa shape index (κ2) is 12.8. The molecule has 0 spiro atoms. The Morgan fingerprint density at radius 3 is 2.24 bits per heavy atom. The van der Waals surface area contributed by atoms with E-state index in [1.165, 1.54) is 30.4 Å². The van der Waals surface area contributed by atoms with Gasteiger partial charge < -0.3 is 14.8 Å². The number of amides is 2. The third-order valence-electron chi connectivity index (χ3n) is 6.67. The molecule has 1 aliphatic heterocycles. The summed E-state index contributed by atoms with van der Waals surface area (Å²) in [6.07, 6.45) is -8.44. The first-order valence-electron chi connectivity index (χ1n) is 13.8. The summed E-state index contributed by atoms with van der Waals surface area (Å²) in [4.78, 5) is 38.4. The summed E-state index contributed by atoms with van der Waals surface area (Å²) in [6.45, 7) is 7.78. The van der Waals surface area contributed by atoms with Crippen molar-refractivity contribution in [2.75, 3.05) is 6.54 Å². The summed E-state index contributed by atoms with van der Waals surface area (Å²) in [6, 6.07) is 1.51. The first-order chi connectivity index (χ1) is 20.8. The number of rotatable bonds is 6. The average Bonchev–Trinajstić information content (AvgIpc) is 3.37. The van der Waals surface area contributed by atoms with Crippen LogP contribution in [0.25, 0.3) is 10.6 Å². The van der Waals surface area contributed by atoms with Gasteiger partial charge in [0.2, 0.25) is 5.82 Å². The Kier molecular flexibility index (Phi) is 9.66. The molecule has 1 saturated heterocycles. The topological polar surface area (TPSA) is 107 Å². The van der Waals surface area contributed by atoms with Crippen LogP contribution in [0.3, 0.4) is 0 Å². The first kappa shape index (κ1) is 33.9. The van der Waals surface area contributed by atoms with Gasteiger partial charge in [-0.1, -0.05) is 0 Å². The fourth-order valence-corrected chi connectivity index (χ4v) is 5.31. The van der Waals surface area contributed by atoms with Gasteiger partial charge in [-0.25, -0.2) is 19.7 Å². The van der Waals surface area contributed by atoms with E-state index >= 15 is 0 Å². The number of aromatic nitrogens is 3. The molecule has 3 heterocycles. The van der Waals surface area contributed by atoms with Gasteiger partial charge in [-0.05, 0) is 52.8 Å². The van der Waals surface area contributed by atoms with Crippen molar-refractivity contribution in [1.29, 1.82) is 0 Å². The van der Waals surface area contributed by atoms with Crippen LogP contribution in [0.1, 0.15) is 73.2 Å². The second-order valence-electron chi connectivity index (χ2n) is 11.6. The normalized spacial score (nSPS) is 18.3. The number of ether oxygens (including phenoxy) is 2. The molecule has 16 heteroatoms. The monoisotopic (exact) mass is 659 g/mol. The molecule has 1 fully saturated rings. The number of carbonyl (C=O) groups excluding carboxylic acids is 2. The molecule has 0 saturated carbocycles. The van der Waals surface area contributed by atoms with Gasteiger partial charge >= 0.3 is 18.4 Å². The van der Waals surface area contributed by atoms with Crippen LogP contribution in [0.5, 0.6) is 5.75 Å². The highest BCUT2D eigenvalue weighted by Gasteiger charge is 2.50. The average molecular weight is 660 g/mol. The first-order valence-corrected chi connectivity index (χ1v) is 14.6. The number of nitrogens with zero attached hydrogens (tertiary/aromatic N) is 4. The van der Waals surface area contributed by atoms with Crippen molar-refractivity contribution in [2.45, 2.75) is 83.6 Å². The Hall–Kier alpha value is -3.95. The lowest BCUT2D eigenvalue weighted by molar-refractivity contribution is -0.194. The molecular weight excluding hydrogens is 628 g/mol. The molecule has 4 rings (SSSR count). The zero-order valence-electron chi connectivity index (χ0n) is 24.9. The van der Waals surface area contributed by atoms with Crippen molar-refractivity contribution in [3.63, 3.8) is 0 Å². The predicted octanol–water partition coefficient (Wildman–Crippen LogP) is 7.13. The zero-order valence-corrected chi connectivity index (χ0v) is 25.7. The summed E-state index contributed by atoms with van der Waals surface area (Å²) in [5.74, 6) is -1.84. The quantitative estimate of drug-likeness (QED) is 0.281. The Morgan fingerprint density at radius 1 is 1.02 bits per heavy atom. The number of aryl methyl sites for hydroxylation is 1. The maximum atomic E-state index is 14.1. The lowest BCUT2D eigenvalue weighted by atomic mass is 9.99. The van der Waals surface area contributed by atoms with E-state index in [4.69, 9.17) is 9.47 Å². The number of alkyl halides is 6. The highest BCUT2D eigenvalue weighted by Crippen LogP contribution is 2.36. The number of piperidine rings is 1. The minimum absolute atomic E-state index is 0.0683. The number of thiazole rings is 1. The van der Waals surface area contributed by atoms with Crippen molar-refractivity contribution in [3.8, 4) is 16.3 Å². The third-order valence-corrected chi connectivity index (χ3v) is 7.63. The summed E-state index contributed by atoms with van der Waals surface area (Å²) in [5, 5.41) is 3.20. The Balaban J connectivity index is 1.57. The lowest BCUT2D eigenvalue weighted by Gasteiger charge is -2.40. The fourth-order valence-electron chi connectivity index (χ4n) is 4.56. The number of benzene rings is 1. The van der Waals surface area contributed by atoms with Gasteiger partial charge in [0, 0.05) is 59.5 Å². The van der Waals surface area contributed by atoms with Gasteiger partial charge in [-0.3, -0.25) is 9.69 Å². The number of hydrogen-bond donors (Lipinski definition) is 1. The van der Waals surface area contributed by atoms with E-state index in [0.717, 1.165) is 17.3 Å². The van der Waals surface area contributed by atoms with E-state index in [1.807, 2.05) is 6.92 Å². The predicted molar refractivity (Wildman–Crippen MR) is 152 cm³/mol. The summed E-state index contributed by atoms with van der Waals surface area (Å²) in [7, 11) is 0. The summed E-state index contributed by atoms with van der Waals surface area (Å²) in [5.41, 5.74) is -0.216. The molecule has 2 aromatic heterocycles. The number of carbonyl (C=O) groups is 2. The van der Waals surface area contributed by atoms with Crippen LogP contribution in [0, 0.1) is 6.92 Å². The molecule has 1 N–H and O–H groups in total. The van der Waals surface area contributed by atoms with Gasteiger partial charge in [0.1, 0.15) is 28.5 Å². The van der Waals surface area contributed by atoms with Crippen molar-refractivity contribution in [1.82, 2.24) is 25.2 Å². The van der Waals surface area contributed by atoms with Crippen LogP contribution in [0.2, 0.25) is 0 Å². The Bertz CT molecular complexity index is 1520. The van der Waals surface area contributed by atoms with Gasteiger partial charge in [-0.2, -0.15) is 26.3 Å². The van der Waals surface area contributed by atoms with Crippen molar-refractivity contribution in [2.24, 2.45) is 0 Å². The number of halogens is 6. The van der Waals surface area contributed by atoms with Crippen LogP contribution in [-0.2, 0) is 10.9 Å². The highest BCUT2D eigenvalue weighted by molar-refractivity contribution is 7.14. The minimum atomic E-state index is -4.75. The number of nitrogens with one attached hydrogen (secondary N) is 1. The van der Waals surface area contributed by atoms with E-state index < -0.39 is 60.4 Å². The molecule has 9 nitrogen and oxygen atoms in total. The molecule has 0 bridgehead atoms. The Morgan fingerprint density at radius 2 is 1.69 bits per heavy atom. The van der Waals surface area contributed by atoms with E-state index in [0.29, 0.717) is 15.5 Å². The molecule has 0 aliphatic carbocycles. The maximum absolute atomic E-state index is 14.1. The number of hydrogen-bond acceptors (Lipinski definition) is 8. The van der Waals surface area contributed by atoms with Gasteiger partial charge in [0.15, 0.2) is 0 Å². The van der Waals surface area contributed by atoms with Crippen LogP contribution in [-0.4, -0.2) is 62.3 Å². The largest absolute Gasteiger partial charge is 0.490 e. The van der Waals surface area contributed by atoms with E-state index in [2.05, 4.69) is 20.3 Å². The molecule has 3 atom stereocenters. The molecule has 2 amide bonds. The summed E-state index contributed by atoms with van der Waals surface area (Å²) >= 11 is 1.33. The van der Waals surface area contributed by atoms with Crippen molar-refractivity contribution >= 4 is 23.3 Å². The summed E-state index contributed by atoms with van der Waals surface area (Å²) < 4.78 is 91.9. The second-order valence-corrected chi connectivity index (χ2v) is 12.8. The van der Waals surface area contributed by atoms with Crippen molar-refractivity contribution < 1.29 is 45.4 Å². The van der Waals surface area contributed by atoms with Crippen LogP contribution in [0.4, 0.5) is 31.1 Å². The molecular formula is C29H31F6N5O4S. The molecule has 2 unspecified atom stereocenters. The molecule has 1 aliphatic rings. The van der Waals surface area contributed by atoms with E-state index in [9.17, 15) is 35.9 Å². The van der Waals surface area contributed by atoms with Gasteiger partial charge in [0.25, 0.3) is 5.91 Å². The fraction of sp³-hybridized carbons (Fsp3) is 0.483. The Labute approximate surface area is 259 Å². The van der Waals surface area contributed by atoms with Crippen LogP contribution in [0.15, 0.2) is 36.8 Å². The SMILES string of the molecule is Cc1cnc(-c2cc(OC3CCN(C(=O)OC(C)(C)C)C(C(F)(F)F)C3)cc(C(=O)N[C@H](C)c3cnc(C(F)(F)F)nc3)c2)s1. The zero-order chi connectivity index (χ0) is 33.3. The van der Waals surface area contributed by atoms with Crippen molar-refractivity contribution in [3.05, 3.63) is 58.6 Å². The molecule has 0 radical (unpaired) electrons. The van der Waals surface area contributed by atoms with Crippen LogP contribution >= 0.6 is 11.3 Å². The molecule has 244 valence electrons. The molecule has 1 aromatic carbocycles. The van der Waals surface area contributed by atoms with Gasteiger partial charge in [0.05, 0.1) is 6.04 Å². The minimum Gasteiger partial charge on any atom is -0.490 e. The van der Waals surface area contributed by atoms with E-state index in [-0.39, 0.29) is 29.8 Å². The number of likely N-dealkylation sites (tertiary alicyclic amines) is 1. The van der Waals surface area contributed by atoms with Gasteiger partial charge in [-0.15, -0.1) is 11.3 Å². The van der Waals surface area contributed by atoms with Crippen LogP contribution < -0.4 is 10.1 Å². The highest BCUT2D eigenvalue weighted by atomic mass is 32.1. The maximum Gasteiger partial charge on any atom is 0.451 e. The molecule has 45 heavy (non-hydrogen) atoms. The third kappa shape index (κ3) is 8.83. The molecule has 3 aromatic rings. The lowest BCUT2D eigenvalue weighted by Crippen LogP contribution is -2.56. The standard InChI is InChI=1S/C29H31F6N5O4S/c1-15-12-36-24(45-15)18-8-17(23(41)39-16(2)19-13-37-25(38-14-19)29(33,34)35)9-21(10-18)43-20-6-7-40(22(11-20)28(30,31)32)26(42)44-27(3,4)5/h8-10,12-14,16,20,22H,6-7,11H2,1-5H3,(H,39,41)/t16-,20?,22?/m1/s1. The smallest absolute Gasteiger partial charge is 0.451 e.